The van der Waals surface area contributed by atoms with Crippen molar-refractivity contribution < 1.29 is 8.42 Å². The molecule has 0 aromatic heterocycles. The molecule has 3 rings (SSSR count). The van der Waals surface area contributed by atoms with Gasteiger partial charge in [-0.15, -0.1) is 0 Å². The van der Waals surface area contributed by atoms with Crippen molar-refractivity contribution in [3.05, 3.63) is 42.5 Å². The number of benzene rings is 1. The minimum absolute atomic E-state index is 0.144. The molecule has 2 nitrogen and oxygen atoms in total. The first-order valence-corrected chi connectivity index (χ1v) is 7.90. The topological polar surface area (TPSA) is 34.1 Å². The molecule has 0 radical (unpaired) electrons. The second-order valence-corrected chi connectivity index (χ2v) is 8.02. The Kier molecular flexibility index (Phi) is 2.31. The molecule has 1 aromatic rings. The fourth-order valence-electron chi connectivity index (χ4n) is 3.71. The zero-order chi connectivity index (χ0) is 13.0. The molecule has 2 unspecified atom stereocenters. The lowest BCUT2D eigenvalue weighted by Crippen LogP contribution is -2.28. The van der Waals surface area contributed by atoms with E-state index in [0.29, 0.717) is 4.90 Å². The van der Waals surface area contributed by atoms with Crippen LogP contribution < -0.4 is 0 Å². The number of rotatable bonds is 2. The molecular weight excluding hydrogens is 244 g/mol. The average molecular weight is 262 g/mol. The van der Waals surface area contributed by atoms with Crippen molar-refractivity contribution in [1.29, 1.82) is 0 Å². The summed E-state index contributed by atoms with van der Waals surface area (Å²) in [5.41, 5.74) is -0.144. The number of allylic oxidation sites excluding steroid dienone is 1. The number of fused-ring (bicyclic) bond motifs is 1. The summed E-state index contributed by atoms with van der Waals surface area (Å²) in [5, 5.41) is 0. The van der Waals surface area contributed by atoms with Crippen molar-refractivity contribution >= 4 is 9.84 Å². The van der Waals surface area contributed by atoms with Crippen LogP contribution in [0.5, 0.6) is 0 Å². The van der Waals surface area contributed by atoms with Crippen LogP contribution in [-0.2, 0) is 9.84 Å². The van der Waals surface area contributed by atoms with Gasteiger partial charge in [-0.1, -0.05) is 44.2 Å². The zero-order valence-corrected chi connectivity index (χ0v) is 11.6. The lowest BCUT2D eigenvalue weighted by atomic mass is 10.1. The third-order valence-electron chi connectivity index (χ3n) is 4.80. The number of hydrogen-bond donors (Lipinski definition) is 0. The predicted octanol–water partition coefficient (Wildman–Crippen LogP) is 3.21. The van der Waals surface area contributed by atoms with Crippen molar-refractivity contribution in [2.45, 2.75) is 36.3 Å². The van der Waals surface area contributed by atoms with Crippen LogP contribution >= 0.6 is 0 Å². The average Bonchev–Trinajstić information content (AvgIpc) is 2.90. The maximum absolute atomic E-state index is 12.9. The second-order valence-electron chi connectivity index (χ2n) is 5.86. The van der Waals surface area contributed by atoms with E-state index in [9.17, 15) is 8.42 Å². The standard InChI is InChI=1S/C15H18O2S/c1-14(2)13-10-6-7-11-15(13,14)18(16,17)12-8-4-3-5-9-12/h3-5,7-9,11,13H,6,10H2,1-2H3. The molecule has 2 atom stereocenters. The van der Waals surface area contributed by atoms with Gasteiger partial charge >= 0.3 is 0 Å². The maximum Gasteiger partial charge on any atom is 0.188 e. The largest absolute Gasteiger partial charge is 0.223 e. The van der Waals surface area contributed by atoms with Gasteiger partial charge < -0.3 is 0 Å². The molecule has 0 aliphatic heterocycles. The summed E-state index contributed by atoms with van der Waals surface area (Å²) in [6, 6.07) is 8.85. The predicted molar refractivity (Wildman–Crippen MR) is 72.0 cm³/mol. The molecule has 0 N–H and O–H groups in total. The van der Waals surface area contributed by atoms with Crippen LogP contribution in [0.2, 0.25) is 0 Å². The minimum Gasteiger partial charge on any atom is -0.223 e. The highest BCUT2D eigenvalue weighted by Crippen LogP contribution is 2.71. The van der Waals surface area contributed by atoms with Crippen molar-refractivity contribution in [2.75, 3.05) is 0 Å². The van der Waals surface area contributed by atoms with Gasteiger partial charge in [-0.25, -0.2) is 8.42 Å². The quantitative estimate of drug-likeness (QED) is 0.767. The Morgan fingerprint density at radius 3 is 2.44 bits per heavy atom. The fourth-order valence-corrected chi connectivity index (χ4v) is 6.45. The van der Waals surface area contributed by atoms with E-state index in [1.807, 2.05) is 18.2 Å². The highest BCUT2D eigenvalue weighted by atomic mass is 32.2. The van der Waals surface area contributed by atoms with E-state index in [4.69, 9.17) is 0 Å². The first-order chi connectivity index (χ1) is 8.44. The summed E-state index contributed by atoms with van der Waals surface area (Å²) in [4.78, 5) is 0.451. The Balaban J connectivity index is 2.16. The van der Waals surface area contributed by atoms with Crippen LogP contribution in [0.25, 0.3) is 0 Å². The van der Waals surface area contributed by atoms with Gasteiger partial charge in [0.15, 0.2) is 9.84 Å². The summed E-state index contributed by atoms with van der Waals surface area (Å²) in [6.07, 6.45) is 5.96. The van der Waals surface area contributed by atoms with E-state index in [1.54, 1.807) is 24.3 Å². The third kappa shape index (κ3) is 1.21. The summed E-state index contributed by atoms with van der Waals surface area (Å²) in [7, 11) is -3.28. The number of hydrogen-bond acceptors (Lipinski definition) is 2. The van der Waals surface area contributed by atoms with Gasteiger partial charge in [0.1, 0.15) is 4.75 Å². The number of sulfone groups is 1. The van der Waals surface area contributed by atoms with Crippen LogP contribution in [-0.4, -0.2) is 13.2 Å². The Labute approximate surface area is 109 Å². The van der Waals surface area contributed by atoms with E-state index in [2.05, 4.69) is 13.8 Å². The monoisotopic (exact) mass is 262 g/mol. The van der Waals surface area contributed by atoms with Gasteiger partial charge in [-0.2, -0.15) is 0 Å². The second kappa shape index (κ2) is 3.47. The zero-order valence-electron chi connectivity index (χ0n) is 10.8. The van der Waals surface area contributed by atoms with Gasteiger partial charge in [0, 0.05) is 0 Å². The van der Waals surface area contributed by atoms with Crippen LogP contribution in [0.15, 0.2) is 47.4 Å². The van der Waals surface area contributed by atoms with Crippen molar-refractivity contribution in [1.82, 2.24) is 0 Å². The van der Waals surface area contributed by atoms with Crippen LogP contribution in [0.1, 0.15) is 26.7 Å². The minimum atomic E-state index is -3.28. The molecule has 96 valence electrons. The first-order valence-electron chi connectivity index (χ1n) is 6.42. The molecule has 1 aromatic carbocycles. The van der Waals surface area contributed by atoms with E-state index >= 15 is 0 Å². The van der Waals surface area contributed by atoms with Gasteiger partial charge in [0.05, 0.1) is 4.90 Å². The Morgan fingerprint density at radius 2 is 1.83 bits per heavy atom. The van der Waals surface area contributed by atoms with E-state index in [-0.39, 0.29) is 11.3 Å². The lowest BCUT2D eigenvalue weighted by molar-refractivity contribution is 0.533. The van der Waals surface area contributed by atoms with Gasteiger partial charge in [-0.05, 0) is 36.3 Å². The Hall–Kier alpha value is -1.09. The molecular formula is C15H18O2S. The molecule has 0 spiro atoms. The lowest BCUT2D eigenvalue weighted by Gasteiger charge is -2.19. The van der Waals surface area contributed by atoms with Crippen molar-refractivity contribution in [2.24, 2.45) is 11.3 Å². The molecule has 0 bridgehead atoms. The van der Waals surface area contributed by atoms with E-state index in [0.717, 1.165) is 12.8 Å². The molecule has 2 aliphatic rings. The summed E-state index contributed by atoms with van der Waals surface area (Å²) < 4.78 is 25.2. The first kappa shape index (κ1) is 12.0. The van der Waals surface area contributed by atoms with Crippen molar-refractivity contribution in [3.8, 4) is 0 Å². The van der Waals surface area contributed by atoms with Gasteiger partial charge in [-0.3, -0.25) is 0 Å². The molecule has 0 heterocycles. The Bertz CT molecular complexity index is 599. The normalized spacial score (nSPS) is 32.9. The van der Waals surface area contributed by atoms with Crippen molar-refractivity contribution in [3.63, 3.8) is 0 Å². The maximum atomic E-state index is 12.9. The molecule has 2 aliphatic carbocycles. The van der Waals surface area contributed by atoms with E-state index in [1.165, 1.54) is 0 Å². The smallest absolute Gasteiger partial charge is 0.188 e. The van der Waals surface area contributed by atoms with Crippen LogP contribution in [0, 0.1) is 11.3 Å². The molecule has 3 heteroatoms. The molecule has 0 saturated heterocycles. The summed E-state index contributed by atoms with van der Waals surface area (Å²) in [6.45, 7) is 4.15. The van der Waals surface area contributed by atoms with E-state index < -0.39 is 14.6 Å². The van der Waals surface area contributed by atoms with Gasteiger partial charge in [0.25, 0.3) is 0 Å². The molecule has 1 fully saturated rings. The molecule has 0 amide bonds. The van der Waals surface area contributed by atoms with Gasteiger partial charge in [0.2, 0.25) is 0 Å². The van der Waals surface area contributed by atoms with Crippen LogP contribution in [0.4, 0.5) is 0 Å². The summed E-state index contributed by atoms with van der Waals surface area (Å²) in [5.74, 6) is 0.264. The molecule has 1 saturated carbocycles. The SMILES string of the molecule is CC1(C)C2CCC=CC21S(=O)(=O)c1ccccc1. The highest BCUT2D eigenvalue weighted by molar-refractivity contribution is 7.93. The Morgan fingerprint density at radius 1 is 1.17 bits per heavy atom. The third-order valence-corrected chi connectivity index (χ3v) is 7.53. The van der Waals surface area contributed by atoms with Crippen LogP contribution in [0.3, 0.4) is 0 Å². The fraction of sp³-hybridized carbons (Fsp3) is 0.467. The highest BCUT2D eigenvalue weighted by Gasteiger charge is 2.76. The summed E-state index contributed by atoms with van der Waals surface area (Å²) >= 11 is 0. The molecule has 18 heavy (non-hydrogen) atoms.